The molecule has 6 nitrogen and oxygen atoms in total. The van der Waals surface area contributed by atoms with Crippen LogP contribution in [0.1, 0.15) is 43.8 Å². The van der Waals surface area contributed by atoms with E-state index in [1.54, 1.807) is 10.9 Å². The molecule has 6 heteroatoms. The van der Waals surface area contributed by atoms with Crippen LogP contribution < -0.4 is 0 Å². The van der Waals surface area contributed by atoms with E-state index in [0.29, 0.717) is 5.92 Å². The van der Waals surface area contributed by atoms with Gasteiger partial charge in [-0.05, 0) is 30.9 Å². The van der Waals surface area contributed by atoms with Gasteiger partial charge >= 0.3 is 0 Å². The Morgan fingerprint density at radius 2 is 2.00 bits per heavy atom. The van der Waals surface area contributed by atoms with Crippen molar-refractivity contribution in [2.75, 3.05) is 13.1 Å². The fraction of sp³-hybridized carbons (Fsp3) is 0.381. The van der Waals surface area contributed by atoms with E-state index in [-0.39, 0.29) is 11.9 Å². The van der Waals surface area contributed by atoms with Crippen molar-refractivity contribution in [2.24, 2.45) is 0 Å². The molecule has 1 atom stereocenters. The predicted molar refractivity (Wildman–Crippen MR) is 104 cm³/mol. The highest BCUT2D eigenvalue weighted by atomic mass is 16.2. The number of likely N-dealkylation sites (tertiary alicyclic amines) is 1. The molecule has 0 saturated carbocycles. The van der Waals surface area contributed by atoms with Gasteiger partial charge < -0.3 is 4.90 Å². The third-order valence-corrected chi connectivity index (χ3v) is 5.48. The molecule has 0 bridgehead atoms. The molecule has 1 N–H and O–H groups in total. The van der Waals surface area contributed by atoms with Gasteiger partial charge in [0.05, 0.1) is 6.20 Å². The van der Waals surface area contributed by atoms with Gasteiger partial charge in [-0.25, -0.2) is 0 Å². The van der Waals surface area contributed by atoms with Gasteiger partial charge in [0.1, 0.15) is 6.04 Å². The van der Waals surface area contributed by atoms with E-state index in [9.17, 15) is 4.79 Å². The molecule has 0 radical (unpaired) electrons. The first-order chi connectivity index (χ1) is 13.3. The third kappa shape index (κ3) is 3.52. The van der Waals surface area contributed by atoms with Crippen LogP contribution in [0, 0.1) is 0 Å². The highest BCUT2D eigenvalue weighted by Gasteiger charge is 2.30. The van der Waals surface area contributed by atoms with E-state index in [4.69, 9.17) is 0 Å². The van der Waals surface area contributed by atoms with Gasteiger partial charge in [0.2, 0.25) is 5.91 Å². The molecule has 4 rings (SSSR count). The van der Waals surface area contributed by atoms with Crippen LogP contribution in [-0.4, -0.2) is 43.9 Å². The highest BCUT2D eigenvalue weighted by molar-refractivity contribution is 5.80. The minimum atomic E-state index is -0.205. The van der Waals surface area contributed by atoms with Crippen LogP contribution in [0.25, 0.3) is 11.1 Å². The molecule has 1 fully saturated rings. The minimum absolute atomic E-state index is 0.174. The van der Waals surface area contributed by atoms with Crippen molar-refractivity contribution in [1.29, 1.82) is 0 Å². The zero-order valence-electron chi connectivity index (χ0n) is 15.6. The van der Waals surface area contributed by atoms with Crippen LogP contribution in [0.15, 0.2) is 55.0 Å². The van der Waals surface area contributed by atoms with E-state index in [0.717, 1.165) is 32.4 Å². The zero-order chi connectivity index (χ0) is 18.6. The monoisotopic (exact) mass is 363 g/mol. The Hall–Kier alpha value is -2.89. The summed E-state index contributed by atoms with van der Waals surface area (Å²) in [6, 6.07) is 12.0. The van der Waals surface area contributed by atoms with Crippen molar-refractivity contribution in [3.05, 3.63) is 60.7 Å². The van der Waals surface area contributed by atoms with Crippen LogP contribution in [0.3, 0.4) is 0 Å². The number of amides is 1. The van der Waals surface area contributed by atoms with Gasteiger partial charge in [-0.3, -0.25) is 14.6 Å². The Morgan fingerprint density at radius 1 is 1.22 bits per heavy atom. The number of hydrogen-bond donors (Lipinski definition) is 1. The highest BCUT2D eigenvalue weighted by Crippen LogP contribution is 2.34. The summed E-state index contributed by atoms with van der Waals surface area (Å²) >= 11 is 0. The van der Waals surface area contributed by atoms with Crippen LogP contribution in [0.4, 0.5) is 0 Å². The first-order valence-corrected chi connectivity index (χ1v) is 9.64. The van der Waals surface area contributed by atoms with Crippen LogP contribution in [-0.2, 0) is 4.79 Å². The maximum absolute atomic E-state index is 13.0. The lowest BCUT2D eigenvalue weighted by Gasteiger charge is -2.34. The van der Waals surface area contributed by atoms with Crippen molar-refractivity contribution in [3.63, 3.8) is 0 Å². The maximum Gasteiger partial charge on any atom is 0.247 e. The molecule has 140 valence electrons. The second-order valence-electron chi connectivity index (χ2n) is 7.07. The summed E-state index contributed by atoms with van der Waals surface area (Å²) in [7, 11) is 0. The molecule has 1 aliphatic rings. The number of H-pyrrole nitrogens is 1. The van der Waals surface area contributed by atoms with Crippen LogP contribution >= 0.6 is 0 Å². The number of carbonyl (C=O) groups excluding carboxylic acids is 1. The Balaban J connectivity index is 1.44. The first-order valence-electron chi connectivity index (χ1n) is 9.64. The molecular formula is C21H25N5O. The topological polar surface area (TPSA) is 66.8 Å². The van der Waals surface area contributed by atoms with E-state index >= 15 is 0 Å². The van der Waals surface area contributed by atoms with Crippen molar-refractivity contribution < 1.29 is 4.79 Å². The second-order valence-corrected chi connectivity index (χ2v) is 7.07. The molecule has 1 unspecified atom stereocenters. The Morgan fingerprint density at radius 3 is 2.67 bits per heavy atom. The molecule has 0 spiro atoms. The predicted octanol–water partition coefficient (Wildman–Crippen LogP) is 3.63. The van der Waals surface area contributed by atoms with Gasteiger partial charge in [0.15, 0.2) is 0 Å². The average Bonchev–Trinajstić information content (AvgIpc) is 3.42. The average molecular weight is 363 g/mol. The molecule has 3 heterocycles. The summed E-state index contributed by atoms with van der Waals surface area (Å²) < 4.78 is 1.77. The largest absolute Gasteiger partial charge is 0.341 e. The van der Waals surface area contributed by atoms with E-state index in [1.165, 1.54) is 16.8 Å². The lowest BCUT2D eigenvalue weighted by Crippen LogP contribution is -2.42. The van der Waals surface area contributed by atoms with Gasteiger partial charge in [-0.15, -0.1) is 0 Å². The molecule has 0 aliphatic carbocycles. The number of nitrogens with zero attached hydrogens (tertiary/aromatic N) is 4. The molecule has 3 aromatic rings. The van der Waals surface area contributed by atoms with Gasteiger partial charge in [0.25, 0.3) is 0 Å². The molecule has 1 aliphatic heterocycles. The number of aromatic amines is 1. The smallest absolute Gasteiger partial charge is 0.247 e. The fourth-order valence-electron chi connectivity index (χ4n) is 3.99. The quantitative estimate of drug-likeness (QED) is 0.753. The SMILES string of the molecule is CCC(C(=O)N1CCC(c2[nH]ncc2-c2ccccc2)CC1)n1cccn1. The Kier molecular flexibility index (Phi) is 5.05. The lowest BCUT2D eigenvalue weighted by atomic mass is 9.89. The molecular weight excluding hydrogens is 338 g/mol. The number of piperidine rings is 1. The summed E-state index contributed by atoms with van der Waals surface area (Å²) in [5.74, 6) is 0.573. The van der Waals surface area contributed by atoms with Crippen molar-refractivity contribution in [2.45, 2.75) is 38.1 Å². The van der Waals surface area contributed by atoms with Gasteiger partial charge in [0, 0.05) is 42.7 Å². The van der Waals surface area contributed by atoms with Crippen LogP contribution in [0.5, 0.6) is 0 Å². The lowest BCUT2D eigenvalue weighted by molar-refractivity contribution is -0.136. The number of carbonyl (C=O) groups is 1. The third-order valence-electron chi connectivity index (χ3n) is 5.48. The molecule has 1 amide bonds. The van der Waals surface area contributed by atoms with Crippen molar-refractivity contribution in [3.8, 4) is 11.1 Å². The first kappa shape index (κ1) is 17.5. The summed E-state index contributed by atoms with van der Waals surface area (Å²) in [6.45, 7) is 3.58. The van der Waals surface area contributed by atoms with Gasteiger partial charge in [-0.1, -0.05) is 37.3 Å². The maximum atomic E-state index is 13.0. The number of benzene rings is 1. The van der Waals surface area contributed by atoms with Crippen molar-refractivity contribution >= 4 is 5.91 Å². The number of hydrogen-bond acceptors (Lipinski definition) is 3. The summed E-state index contributed by atoms with van der Waals surface area (Å²) in [6.07, 6.45) is 8.15. The molecule has 1 saturated heterocycles. The zero-order valence-corrected chi connectivity index (χ0v) is 15.6. The van der Waals surface area contributed by atoms with E-state index in [2.05, 4.69) is 27.4 Å². The normalized spacial score (nSPS) is 16.4. The Bertz CT molecular complexity index is 863. The van der Waals surface area contributed by atoms with E-state index < -0.39 is 0 Å². The number of aromatic nitrogens is 4. The minimum Gasteiger partial charge on any atom is -0.341 e. The number of nitrogens with one attached hydrogen (secondary N) is 1. The summed E-state index contributed by atoms with van der Waals surface area (Å²) in [5.41, 5.74) is 3.54. The van der Waals surface area contributed by atoms with E-state index in [1.807, 2.05) is 48.5 Å². The molecule has 27 heavy (non-hydrogen) atoms. The van der Waals surface area contributed by atoms with Gasteiger partial charge in [-0.2, -0.15) is 10.2 Å². The molecule has 1 aromatic carbocycles. The van der Waals surface area contributed by atoms with Crippen molar-refractivity contribution in [1.82, 2.24) is 24.9 Å². The summed E-state index contributed by atoms with van der Waals surface area (Å²) in [4.78, 5) is 14.9. The molecule has 2 aromatic heterocycles. The number of rotatable bonds is 5. The fourth-order valence-corrected chi connectivity index (χ4v) is 3.99. The summed E-state index contributed by atoms with van der Waals surface area (Å²) in [5, 5.41) is 11.8. The standard InChI is InChI=1S/C21H25N5O/c1-2-19(26-12-6-11-23-26)21(27)25-13-9-17(10-14-25)20-18(15-22-24-20)16-7-4-3-5-8-16/h3-8,11-12,15,17,19H,2,9-10,13-14H2,1H3,(H,22,24). The Labute approximate surface area is 159 Å². The van der Waals surface area contributed by atoms with Crippen LogP contribution in [0.2, 0.25) is 0 Å². The second kappa shape index (κ2) is 7.78.